The van der Waals surface area contributed by atoms with Crippen LogP contribution in [0.1, 0.15) is 5.56 Å². The van der Waals surface area contributed by atoms with Gasteiger partial charge in [-0.25, -0.2) is 21.9 Å². The van der Waals surface area contributed by atoms with Crippen molar-refractivity contribution in [2.24, 2.45) is 0 Å². The van der Waals surface area contributed by atoms with Gasteiger partial charge in [-0.3, -0.25) is 0 Å². The van der Waals surface area contributed by atoms with Gasteiger partial charge in [-0.15, -0.1) is 0 Å². The Kier molecular flexibility index (Phi) is 3.83. The van der Waals surface area contributed by atoms with Crippen molar-refractivity contribution in [3.8, 4) is 0 Å². The second kappa shape index (κ2) is 5.24. The topological polar surface area (TPSA) is 72.2 Å². The molecule has 8 heteroatoms. The molecule has 1 aromatic carbocycles. The molecule has 0 atom stereocenters. The van der Waals surface area contributed by atoms with Crippen molar-refractivity contribution in [3.05, 3.63) is 46.2 Å². The van der Waals surface area contributed by atoms with Crippen LogP contribution in [0.5, 0.6) is 0 Å². The Balaban J connectivity index is 2.29. The summed E-state index contributed by atoms with van der Waals surface area (Å²) in [5.74, 6) is -2.73. The summed E-state index contributed by atoms with van der Waals surface area (Å²) in [5.41, 5.74) is 5.90. The molecule has 0 saturated carbocycles. The number of nitrogen functional groups attached to an aromatic ring is 1. The van der Waals surface area contributed by atoms with E-state index in [1.54, 1.807) is 16.8 Å². The zero-order chi connectivity index (χ0) is 14.0. The number of sulfonamides is 1. The molecule has 3 N–H and O–H groups in total. The molecule has 0 fully saturated rings. The van der Waals surface area contributed by atoms with Crippen molar-refractivity contribution in [2.45, 2.75) is 11.4 Å². The Labute approximate surface area is 112 Å². The van der Waals surface area contributed by atoms with Crippen LogP contribution in [0, 0.1) is 11.6 Å². The maximum absolute atomic E-state index is 13.5. The molecular weight excluding hydrogens is 294 g/mol. The van der Waals surface area contributed by atoms with Crippen LogP contribution in [0.15, 0.2) is 33.9 Å². The molecule has 0 amide bonds. The molecular formula is C11H10F2N2O2S2. The average Bonchev–Trinajstić information content (AvgIpc) is 2.84. The van der Waals surface area contributed by atoms with E-state index in [2.05, 4.69) is 4.72 Å². The second-order valence-electron chi connectivity index (χ2n) is 3.77. The van der Waals surface area contributed by atoms with Crippen molar-refractivity contribution in [1.82, 2.24) is 4.72 Å². The van der Waals surface area contributed by atoms with Gasteiger partial charge in [0.05, 0.1) is 0 Å². The average molecular weight is 304 g/mol. The summed E-state index contributed by atoms with van der Waals surface area (Å²) < 4.78 is 52.6. The van der Waals surface area contributed by atoms with Crippen molar-refractivity contribution >= 4 is 27.0 Å². The van der Waals surface area contributed by atoms with Crippen molar-refractivity contribution in [2.75, 3.05) is 5.73 Å². The van der Waals surface area contributed by atoms with E-state index in [1.165, 1.54) is 11.3 Å². The highest BCUT2D eigenvalue weighted by atomic mass is 32.2. The van der Waals surface area contributed by atoms with Crippen LogP contribution in [0.2, 0.25) is 0 Å². The molecule has 102 valence electrons. The summed E-state index contributed by atoms with van der Waals surface area (Å²) in [7, 11) is -4.15. The number of nitrogens with two attached hydrogens (primary N) is 1. The molecule has 0 spiro atoms. The third-order valence-corrected chi connectivity index (χ3v) is 4.49. The minimum Gasteiger partial charge on any atom is -0.399 e. The summed E-state index contributed by atoms with van der Waals surface area (Å²) in [6.07, 6.45) is 0. The van der Waals surface area contributed by atoms with E-state index in [1.807, 2.05) is 0 Å². The quantitative estimate of drug-likeness (QED) is 0.850. The highest BCUT2D eigenvalue weighted by Gasteiger charge is 2.22. The van der Waals surface area contributed by atoms with Gasteiger partial charge in [0.25, 0.3) is 0 Å². The summed E-state index contributed by atoms with van der Waals surface area (Å²) >= 11 is 1.41. The predicted molar refractivity (Wildman–Crippen MR) is 69.1 cm³/mol. The fraction of sp³-hybridized carbons (Fsp3) is 0.0909. The van der Waals surface area contributed by atoms with Gasteiger partial charge < -0.3 is 5.73 Å². The van der Waals surface area contributed by atoms with E-state index in [0.29, 0.717) is 0 Å². The van der Waals surface area contributed by atoms with Crippen molar-refractivity contribution in [3.63, 3.8) is 0 Å². The number of anilines is 1. The first-order chi connectivity index (χ1) is 8.90. The molecule has 19 heavy (non-hydrogen) atoms. The lowest BCUT2D eigenvalue weighted by atomic mass is 10.3. The first kappa shape index (κ1) is 13.9. The zero-order valence-corrected chi connectivity index (χ0v) is 11.2. The molecule has 0 aliphatic heterocycles. The van der Waals surface area contributed by atoms with E-state index in [9.17, 15) is 17.2 Å². The molecule has 0 radical (unpaired) electrons. The maximum Gasteiger partial charge on any atom is 0.243 e. The normalized spacial score (nSPS) is 11.7. The van der Waals surface area contributed by atoms with E-state index in [0.717, 1.165) is 17.7 Å². The lowest BCUT2D eigenvalue weighted by molar-refractivity contribution is 0.484. The molecule has 1 heterocycles. The minimum atomic E-state index is -4.15. The number of nitrogens with one attached hydrogen (secondary N) is 1. The van der Waals surface area contributed by atoms with Gasteiger partial charge in [0.15, 0.2) is 11.6 Å². The van der Waals surface area contributed by atoms with E-state index >= 15 is 0 Å². The molecule has 0 unspecified atom stereocenters. The summed E-state index contributed by atoms with van der Waals surface area (Å²) in [6, 6.07) is 3.34. The molecule has 0 saturated heterocycles. The van der Waals surface area contributed by atoms with Crippen LogP contribution >= 0.6 is 11.3 Å². The van der Waals surface area contributed by atoms with Gasteiger partial charge in [-0.05, 0) is 34.5 Å². The fourth-order valence-corrected chi connectivity index (χ4v) is 3.23. The number of thiophene rings is 1. The zero-order valence-electron chi connectivity index (χ0n) is 9.56. The number of rotatable bonds is 4. The first-order valence-corrected chi connectivity index (χ1v) is 7.58. The van der Waals surface area contributed by atoms with Gasteiger partial charge in [0.1, 0.15) is 4.90 Å². The Bertz CT molecular complexity index is 685. The third kappa shape index (κ3) is 3.09. The maximum atomic E-state index is 13.5. The second-order valence-corrected chi connectivity index (χ2v) is 6.29. The Morgan fingerprint density at radius 2 is 2.05 bits per heavy atom. The number of benzene rings is 1. The van der Waals surface area contributed by atoms with Crippen LogP contribution in [-0.4, -0.2) is 8.42 Å². The highest BCUT2D eigenvalue weighted by Crippen LogP contribution is 2.21. The molecule has 1 aromatic heterocycles. The molecule has 2 aromatic rings. The van der Waals surface area contributed by atoms with Gasteiger partial charge in [-0.1, -0.05) is 0 Å². The third-order valence-electron chi connectivity index (χ3n) is 2.35. The predicted octanol–water partition coefficient (Wildman–Crippen LogP) is 2.09. The summed E-state index contributed by atoms with van der Waals surface area (Å²) in [4.78, 5) is -0.791. The molecule has 2 rings (SSSR count). The Morgan fingerprint density at radius 3 is 2.68 bits per heavy atom. The van der Waals surface area contributed by atoms with Crippen molar-refractivity contribution < 1.29 is 17.2 Å². The van der Waals surface area contributed by atoms with Gasteiger partial charge in [-0.2, -0.15) is 11.3 Å². The van der Waals surface area contributed by atoms with E-state index < -0.39 is 26.6 Å². The summed E-state index contributed by atoms with van der Waals surface area (Å²) in [5, 5.41) is 3.53. The molecule has 0 aliphatic carbocycles. The van der Waals surface area contributed by atoms with Crippen LogP contribution in [-0.2, 0) is 16.6 Å². The number of hydrogen-bond acceptors (Lipinski definition) is 4. The SMILES string of the molecule is Nc1cc(F)c(F)c(S(=O)(=O)NCc2ccsc2)c1. The molecule has 0 aliphatic rings. The van der Waals surface area contributed by atoms with Crippen LogP contribution in [0.3, 0.4) is 0 Å². The van der Waals surface area contributed by atoms with Crippen LogP contribution in [0.4, 0.5) is 14.5 Å². The van der Waals surface area contributed by atoms with Gasteiger partial charge >= 0.3 is 0 Å². The fourth-order valence-electron chi connectivity index (χ4n) is 1.43. The minimum absolute atomic E-state index is 0.00168. The number of hydrogen-bond donors (Lipinski definition) is 2. The molecule has 0 bridgehead atoms. The number of halogens is 2. The first-order valence-electron chi connectivity index (χ1n) is 5.15. The lowest BCUT2D eigenvalue weighted by Gasteiger charge is -2.08. The van der Waals surface area contributed by atoms with E-state index in [-0.39, 0.29) is 12.2 Å². The van der Waals surface area contributed by atoms with Gasteiger partial charge in [0.2, 0.25) is 10.0 Å². The van der Waals surface area contributed by atoms with Crippen LogP contribution < -0.4 is 10.5 Å². The van der Waals surface area contributed by atoms with Gasteiger partial charge in [0, 0.05) is 12.2 Å². The van der Waals surface area contributed by atoms with E-state index in [4.69, 9.17) is 5.73 Å². The summed E-state index contributed by atoms with van der Waals surface area (Å²) in [6.45, 7) is 0.00168. The smallest absolute Gasteiger partial charge is 0.243 e. The van der Waals surface area contributed by atoms with Crippen molar-refractivity contribution in [1.29, 1.82) is 0 Å². The Morgan fingerprint density at radius 1 is 1.32 bits per heavy atom. The van der Waals surface area contributed by atoms with Crippen LogP contribution in [0.25, 0.3) is 0 Å². The monoisotopic (exact) mass is 304 g/mol. The standard InChI is InChI=1S/C11H10F2N2O2S2/c12-9-3-8(14)4-10(11(9)13)19(16,17)15-5-7-1-2-18-6-7/h1-4,6,15H,5,14H2. The Hall–Kier alpha value is -1.51. The lowest BCUT2D eigenvalue weighted by Crippen LogP contribution is -2.24. The molecule has 4 nitrogen and oxygen atoms in total. The largest absolute Gasteiger partial charge is 0.399 e. The highest BCUT2D eigenvalue weighted by molar-refractivity contribution is 7.89.